The van der Waals surface area contributed by atoms with Gasteiger partial charge in [-0.3, -0.25) is 0 Å². The zero-order valence-electron chi connectivity index (χ0n) is 11.7. The number of phenolic OH excluding ortho intramolecular Hbond substituents is 1. The standard InChI is InChI=1S/C15H17F3N2O/c1-3-8-20(15(16,17)18)9-7-11-10(2)19-12-5-4-6-13(21)14(11)12/h3-6,19,21H,1,7-9H2,2H3. The Kier molecular flexibility index (Phi) is 4.27. The Morgan fingerprint density at radius 1 is 1.38 bits per heavy atom. The van der Waals surface area contributed by atoms with Crippen molar-refractivity contribution in [3.8, 4) is 5.75 Å². The van der Waals surface area contributed by atoms with Gasteiger partial charge in [-0.2, -0.15) is 13.2 Å². The molecule has 0 amide bonds. The van der Waals surface area contributed by atoms with Crippen LogP contribution in [-0.2, 0) is 6.42 Å². The molecule has 21 heavy (non-hydrogen) atoms. The van der Waals surface area contributed by atoms with Gasteiger partial charge in [-0.1, -0.05) is 12.1 Å². The lowest BCUT2D eigenvalue weighted by molar-refractivity contribution is -0.241. The third-order valence-corrected chi connectivity index (χ3v) is 3.46. The Bertz CT molecular complexity index is 646. The Morgan fingerprint density at radius 2 is 2.10 bits per heavy atom. The number of halogens is 3. The van der Waals surface area contributed by atoms with Gasteiger partial charge in [0.25, 0.3) is 0 Å². The molecule has 0 radical (unpaired) electrons. The molecule has 6 heteroatoms. The number of aryl methyl sites for hydroxylation is 1. The van der Waals surface area contributed by atoms with Gasteiger partial charge >= 0.3 is 6.30 Å². The fourth-order valence-electron chi connectivity index (χ4n) is 2.46. The fraction of sp³-hybridized carbons (Fsp3) is 0.333. The molecule has 114 valence electrons. The summed E-state index contributed by atoms with van der Waals surface area (Å²) in [5, 5.41) is 10.5. The van der Waals surface area contributed by atoms with Gasteiger partial charge in [-0.25, -0.2) is 4.90 Å². The van der Waals surface area contributed by atoms with Crippen LogP contribution in [0.3, 0.4) is 0 Å². The molecule has 1 aromatic heterocycles. The first kappa shape index (κ1) is 15.4. The highest BCUT2D eigenvalue weighted by Gasteiger charge is 2.35. The zero-order valence-corrected chi connectivity index (χ0v) is 11.7. The molecule has 1 heterocycles. The average molecular weight is 298 g/mol. The highest BCUT2D eigenvalue weighted by molar-refractivity contribution is 5.90. The lowest BCUT2D eigenvalue weighted by atomic mass is 10.1. The molecule has 0 saturated carbocycles. The van der Waals surface area contributed by atoms with Crippen LogP contribution in [0.25, 0.3) is 10.9 Å². The quantitative estimate of drug-likeness (QED) is 0.652. The van der Waals surface area contributed by atoms with Crippen molar-refractivity contribution in [2.24, 2.45) is 0 Å². The van der Waals surface area contributed by atoms with Gasteiger partial charge in [0.15, 0.2) is 0 Å². The summed E-state index contributed by atoms with van der Waals surface area (Å²) in [6.07, 6.45) is -2.97. The molecule has 0 aliphatic heterocycles. The Balaban J connectivity index is 2.27. The number of rotatable bonds is 5. The topological polar surface area (TPSA) is 39.3 Å². The molecular weight excluding hydrogens is 281 g/mol. The van der Waals surface area contributed by atoms with E-state index in [0.717, 1.165) is 11.2 Å². The van der Waals surface area contributed by atoms with Gasteiger partial charge in [-0.05, 0) is 31.0 Å². The number of fused-ring (bicyclic) bond motifs is 1. The van der Waals surface area contributed by atoms with E-state index in [1.54, 1.807) is 19.1 Å². The molecule has 0 aliphatic carbocycles. The Morgan fingerprint density at radius 3 is 2.71 bits per heavy atom. The summed E-state index contributed by atoms with van der Waals surface area (Å²) in [6.45, 7) is 4.71. The van der Waals surface area contributed by atoms with Crippen LogP contribution < -0.4 is 0 Å². The summed E-state index contributed by atoms with van der Waals surface area (Å²) < 4.78 is 38.6. The predicted octanol–water partition coefficient (Wildman–Crippen LogP) is 3.73. The van der Waals surface area contributed by atoms with Gasteiger partial charge in [0, 0.05) is 29.7 Å². The lowest BCUT2D eigenvalue weighted by Crippen LogP contribution is -2.39. The molecule has 3 nitrogen and oxygen atoms in total. The molecule has 0 spiro atoms. The number of hydrogen-bond acceptors (Lipinski definition) is 2. The second-order valence-corrected chi connectivity index (χ2v) is 4.88. The van der Waals surface area contributed by atoms with E-state index >= 15 is 0 Å². The van der Waals surface area contributed by atoms with Crippen LogP contribution in [0.15, 0.2) is 30.9 Å². The number of benzene rings is 1. The molecular formula is C15H17F3N2O. The van der Waals surface area contributed by atoms with Gasteiger partial charge in [0.05, 0.1) is 0 Å². The number of nitrogens with zero attached hydrogens (tertiary/aromatic N) is 1. The fourth-order valence-corrected chi connectivity index (χ4v) is 2.46. The molecule has 2 N–H and O–H groups in total. The van der Waals surface area contributed by atoms with Crippen molar-refractivity contribution in [1.29, 1.82) is 0 Å². The van der Waals surface area contributed by atoms with Gasteiger partial charge in [0.1, 0.15) is 5.75 Å². The van der Waals surface area contributed by atoms with Crippen LogP contribution in [0, 0.1) is 6.92 Å². The number of hydrogen-bond donors (Lipinski definition) is 2. The van der Waals surface area contributed by atoms with E-state index in [-0.39, 0.29) is 25.3 Å². The molecule has 0 saturated heterocycles. The lowest BCUT2D eigenvalue weighted by Gasteiger charge is -2.23. The monoisotopic (exact) mass is 298 g/mol. The third kappa shape index (κ3) is 3.21. The highest BCUT2D eigenvalue weighted by Crippen LogP contribution is 2.31. The minimum absolute atomic E-state index is 0.0779. The van der Waals surface area contributed by atoms with E-state index in [1.807, 2.05) is 0 Å². The van der Waals surface area contributed by atoms with Crippen LogP contribution in [0.4, 0.5) is 13.2 Å². The van der Waals surface area contributed by atoms with E-state index in [9.17, 15) is 18.3 Å². The molecule has 0 aliphatic rings. The zero-order chi connectivity index (χ0) is 15.6. The number of nitrogens with one attached hydrogen (secondary N) is 1. The normalized spacial score (nSPS) is 12.2. The maximum absolute atomic E-state index is 12.9. The summed E-state index contributed by atoms with van der Waals surface area (Å²) >= 11 is 0. The second kappa shape index (κ2) is 5.81. The summed E-state index contributed by atoms with van der Waals surface area (Å²) in [4.78, 5) is 3.48. The average Bonchev–Trinajstić information content (AvgIpc) is 2.70. The predicted molar refractivity (Wildman–Crippen MR) is 76.2 cm³/mol. The molecule has 1 aromatic carbocycles. The molecule has 0 unspecified atom stereocenters. The first-order valence-corrected chi connectivity index (χ1v) is 6.56. The van der Waals surface area contributed by atoms with Gasteiger partial charge in [0.2, 0.25) is 0 Å². The van der Waals surface area contributed by atoms with E-state index in [4.69, 9.17) is 0 Å². The summed E-state index contributed by atoms with van der Waals surface area (Å²) in [6, 6.07) is 5.01. The van der Waals surface area contributed by atoms with Crippen molar-refractivity contribution in [3.05, 3.63) is 42.1 Å². The molecule has 2 rings (SSSR count). The highest BCUT2D eigenvalue weighted by atomic mass is 19.4. The smallest absolute Gasteiger partial charge is 0.460 e. The van der Waals surface area contributed by atoms with Crippen LogP contribution in [-0.4, -0.2) is 34.4 Å². The summed E-state index contributed by atoms with van der Waals surface area (Å²) in [5.74, 6) is 0.0779. The number of aromatic amines is 1. The van der Waals surface area contributed by atoms with Crippen LogP contribution in [0.1, 0.15) is 11.3 Å². The SMILES string of the molecule is C=CCN(CCc1c(C)[nH]c2cccc(O)c12)C(F)(F)F. The van der Waals surface area contributed by atoms with E-state index in [1.165, 1.54) is 12.1 Å². The number of H-pyrrole nitrogens is 1. The van der Waals surface area contributed by atoms with Crippen molar-refractivity contribution in [2.45, 2.75) is 19.6 Å². The molecule has 0 atom stereocenters. The minimum atomic E-state index is -4.39. The number of aromatic nitrogens is 1. The summed E-state index contributed by atoms with van der Waals surface area (Å²) in [7, 11) is 0. The second-order valence-electron chi connectivity index (χ2n) is 4.88. The van der Waals surface area contributed by atoms with Crippen molar-refractivity contribution in [3.63, 3.8) is 0 Å². The van der Waals surface area contributed by atoms with Crippen molar-refractivity contribution in [1.82, 2.24) is 9.88 Å². The Labute approximate surface area is 120 Å². The Hall–Kier alpha value is -1.95. The molecule has 0 fully saturated rings. The number of aromatic hydroxyl groups is 1. The van der Waals surface area contributed by atoms with Crippen molar-refractivity contribution < 1.29 is 18.3 Å². The van der Waals surface area contributed by atoms with Crippen LogP contribution >= 0.6 is 0 Å². The summed E-state index contributed by atoms with van der Waals surface area (Å²) in [5.41, 5.74) is 2.21. The van der Waals surface area contributed by atoms with Crippen LogP contribution in [0.5, 0.6) is 5.75 Å². The van der Waals surface area contributed by atoms with Crippen molar-refractivity contribution >= 4 is 10.9 Å². The molecule has 2 aromatic rings. The first-order chi connectivity index (χ1) is 9.84. The minimum Gasteiger partial charge on any atom is -0.507 e. The maximum Gasteiger partial charge on any atom is 0.460 e. The maximum atomic E-state index is 12.9. The van der Waals surface area contributed by atoms with Gasteiger partial charge in [-0.15, -0.1) is 6.58 Å². The first-order valence-electron chi connectivity index (χ1n) is 6.56. The van der Waals surface area contributed by atoms with Crippen LogP contribution in [0.2, 0.25) is 0 Å². The van der Waals surface area contributed by atoms with E-state index < -0.39 is 6.30 Å². The van der Waals surface area contributed by atoms with Crippen molar-refractivity contribution in [2.75, 3.05) is 13.1 Å². The largest absolute Gasteiger partial charge is 0.507 e. The number of phenols is 1. The third-order valence-electron chi connectivity index (χ3n) is 3.46. The molecule has 0 bridgehead atoms. The van der Waals surface area contributed by atoms with E-state index in [2.05, 4.69) is 11.6 Å². The van der Waals surface area contributed by atoms with E-state index in [0.29, 0.717) is 15.8 Å². The van der Waals surface area contributed by atoms with Gasteiger partial charge < -0.3 is 10.1 Å². The number of alkyl halides is 3.